The van der Waals surface area contributed by atoms with Crippen molar-refractivity contribution in [2.75, 3.05) is 0 Å². The van der Waals surface area contributed by atoms with E-state index in [1.54, 1.807) is 11.3 Å². The molecule has 2 rings (SSSR count). The molecule has 1 aliphatic carbocycles. The number of halogens is 3. The first-order valence-electron chi connectivity index (χ1n) is 6.19. The van der Waals surface area contributed by atoms with Crippen LogP contribution < -0.4 is 0 Å². The lowest BCUT2D eigenvalue weighted by atomic mass is 9.76. The molecule has 0 amide bonds. The number of aliphatic hydroxyl groups is 1. The van der Waals surface area contributed by atoms with E-state index in [9.17, 15) is 18.3 Å². The van der Waals surface area contributed by atoms with Gasteiger partial charge < -0.3 is 5.11 Å². The first kappa shape index (κ1) is 13.9. The monoisotopic (exact) mass is 278 g/mol. The van der Waals surface area contributed by atoms with E-state index in [2.05, 4.69) is 0 Å². The topological polar surface area (TPSA) is 20.2 Å². The Labute approximate surface area is 109 Å². The Balaban J connectivity index is 1.83. The molecule has 18 heavy (non-hydrogen) atoms. The van der Waals surface area contributed by atoms with Gasteiger partial charge in [-0.05, 0) is 60.9 Å². The quantitative estimate of drug-likeness (QED) is 0.880. The fourth-order valence-electron chi connectivity index (χ4n) is 2.54. The molecule has 0 spiro atoms. The maximum Gasteiger partial charge on any atom is 0.391 e. The third kappa shape index (κ3) is 3.48. The highest BCUT2D eigenvalue weighted by Gasteiger charge is 2.44. The van der Waals surface area contributed by atoms with Gasteiger partial charge in [0.05, 0.1) is 11.5 Å². The summed E-state index contributed by atoms with van der Waals surface area (Å²) in [5.74, 6) is -1.22. The molecule has 1 saturated carbocycles. The van der Waals surface area contributed by atoms with Crippen molar-refractivity contribution in [3.63, 3.8) is 0 Å². The summed E-state index contributed by atoms with van der Waals surface area (Å²) in [4.78, 5) is 0. The van der Waals surface area contributed by atoms with Crippen LogP contribution in [0.2, 0.25) is 0 Å². The third-order valence-electron chi connectivity index (χ3n) is 3.84. The molecule has 0 atom stereocenters. The van der Waals surface area contributed by atoms with Crippen LogP contribution >= 0.6 is 11.3 Å². The number of thiophene rings is 1. The molecule has 1 aromatic rings. The van der Waals surface area contributed by atoms with Crippen LogP contribution in [0.15, 0.2) is 16.8 Å². The van der Waals surface area contributed by atoms with Crippen molar-refractivity contribution in [2.45, 2.75) is 50.3 Å². The van der Waals surface area contributed by atoms with Crippen molar-refractivity contribution in [3.8, 4) is 0 Å². The van der Waals surface area contributed by atoms with Crippen molar-refractivity contribution in [1.82, 2.24) is 0 Å². The van der Waals surface area contributed by atoms with Gasteiger partial charge in [-0.1, -0.05) is 0 Å². The number of hydrogen-bond acceptors (Lipinski definition) is 2. The Morgan fingerprint density at radius 2 is 2.00 bits per heavy atom. The number of alkyl halides is 3. The molecule has 0 aromatic carbocycles. The standard InChI is InChI=1S/C13H17F3OS/c14-13(15,16)11-2-6-12(17,7-3-11)5-1-10-4-8-18-9-10/h4,8-9,11,17H,1-3,5-7H2. The number of hydrogen-bond donors (Lipinski definition) is 1. The van der Waals surface area contributed by atoms with E-state index in [1.807, 2.05) is 16.8 Å². The SMILES string of the molecule is OC1(CCc2ccsc2)CCC(C(F)(F)F)CC1. The molecule has 0 unspecified atom stereocenters. The summed E-state index contributed by atoms with van der Waals surface area (Å²) in [7, 11) is 0. The molecule has 102 valence electrons. The van der Waals surface area contributed by atoms with Crippen LogP contribution in [0, 0.1) is 5.92 Å². The maximum absolute atomic E-state index is 12.5. The average molecular weight is 278 g/mol. The van der Waals surface area contributed by atoms with E-state index in [0.717, 1.165) is 12.0 Å². The molecule has 0 aliphatic heterocycles. The molecule has 1 nitrogen and oxygen atoms in total. The predicted octanol–water partition coefficient (Wildman–Crippen LogP) is 4.16. The molecule has 1 aliphatic rings. The van der Waals surface area contributed by atoms with Crippen LogP contribution in [0.3, 0.4) is 0 Å². The zero-order valence-corrected chi connectivity index (χ0v) is 10.9. The molecular weight excluding hydrogens is 261 g/mol. The second kappa shape index (κ2) is 5.21. The minimum Gasteiger partial charge on any atom is -0.390 e. The normalized spacial score (nSPS) is 29.4. The largest absolute Gasteiger partial charge is 0.391 e. The lowest BCUT2D eigenvalue weighted by Crippen LogP contribution is -2.38. The Morgan fingerprint density at radius 3 is 2.50 bits per heavy atom. The van der Waals surface area contributed by atoms with E-state index in [4.69, 9.17) is 0 Å². The van der Waals surface area contributed by atoms with Gasteiger partial charge in [0.1, 0.15) is 0 Å². The number of aryl methyl sites for hydroxylation is 1. The van der Waals surface area contributed by atoms with Crippen molar-refractivity contribution in [3.05, 3.63) is 22.4 Å². The van der Waals surface area contributed by atoms with Gasteiger partial charge in [0, 0.05) is 0 Å². The molecule has 1 N–H and O–H groups in total. The molecular formula is C13H17F3OS. The summed E-state index contributed by atoms with van der Waals surface area (Å²) in [6, 6.07) is 2.00. The summed E-state index contributed by atoms with van der Waals surface area (Å²) in [5.41, 5.74) is 0.260. The first-order chi connectivity index (χ1) is 8.39. The van der Waals surface area contributed by atoms with Crippen LogP contribution in [-0.4, -0.2) is 16.9 Å². The Bertz CT molecular complexity index is 364. The maximum atomic E-state index is 12.5. The van der Waals surface area contributed by atoms with Gasteiger partial charge in [0.15, 0.2) is 0 Å². The lowest BCUT2D eigenvalue weighted by molar-refractivity contribution is -0.192. The van der Waals surface area contributed by atoms with Gasteiger partial charge in [-0.2, -0.15) is 24.5 Å². The minimum atomic E-state index is -4.10. The lowest BCUT2D eigenvalue weighted by Gasteiger charge is -2.36. The molecule has 0 bridgehead atoms. The number of rotatable bonds is 3. The fourth-order valence-corrected chi connectivity index (χ4v) is 3.25. The van der Waals surface area contributed by atoms with Gasteiger partial charge in [-0.15, -0.1) is 0 Å². The molecule has 5 heteroatoms. The highest BCUT2D eigenvalue weighted by Crippen LogP contribution is 2.42. The van der Waals surface area contributed by atoms with Gasteiger partial charge in [0.25, 0.3) is 0 Å². The Morgan fingerprint density at radius 1 is 1.33 bits per heavy atom. The average Bonchev–Trinajstić information content (AvgIpc) is 2.79. The summed E-state index contributed by atoms with van der Waals surface area (Å²) >= 11 is 1.60. The highest BCUT2D eigenvalue weighted by atomic mass is 32.1. The highest BCUT2D eigenvalue weighted by molar-refractivity contribution is 7.07. The van der Waals surface area contributed by atoms with Crippen LogP contribution in [0.4, 0.5) is 13.2 Å². The molecule has 0 radical (unpaired) electrons. The molecule has 0 saturated heterocycles. The van der Waals surface area contributed by atoms with Gasteiger partial charge in [-0.3, -0.25) is 0 Å². The smallest absolute Gasteiger partial charge is 0.390 e. The van der Waals surface area contributed by atoms with E-state index < -0.39 is 17.7 Å². The second-order valence-corrected chi connectivity index (χ2v) is 5.95. The van der Waals surface area contributed by atoms with Gasteiger partial charge >= 0.3 is 6.18 Å². The predicted molar refractivity (Wildman–Crippen MR) is 65.6 cm³/mol. The summed E-state index contributed by atoms with van der Waals surface area (Å²) in [6.07, 6.45) is -2.14. The minimum absolute atomic E-state index is 0.0592. The van der Waals surface area contributed by atoms with Crippen LogP contribution in [0.5, 0.6) is 0 Å². The molecule has 1 heterocycles. The third-order valence-corrected chi connectivity index (χ3v) is 4.57. The Hall–Kier alpha value is -0.550. The van der Waals surface area contributed by atoms with Crippen LogP contribution in [-0.2, 0) is 6.42 Å². The van der Waals surface area contributed by atoms with Crippen LogP contribution in [0.25, 0.3) is 0 Å². The van der Waals surface area contributed by atoms with Crippen molar-refractivity contribution >= 4 is 11.3 Å². The summed E-state index contributed by atoms with van der Waals surface area (Å²) < 4.78 is 37.6. The Kier molecular flexibility index (Phi) is 4.02. The summed E-state index contributed by atoms with van der Waals surface area (Å²) in [5, 5.41) is 14.3. The van der Waals surface area contributed by atoms with Crippen LogP contribution in [0.1, 0.15) is 37.7 Å². The van der Waals surface area contributed by atoms with E-state index in [0.29, 0.717) is 6.42 Å². The van der Waals surface area contributed by atoms with Gasteiger partial charge in [0.2, 0.25) is 0 Å². The fraction of sp³-hybridized carbons (Fsp3) is 0.692. The van der Waals surface area contributed by atoms with Gasteiger partial charge in [-0.25, -0.2) is 0 Å². The van der Waals surface area contributed by atoms with Crippen molar-refractivity contribution in [1.29, 1.82) is 0 Å². The zero-order chi connectivity index (χ0) is 13.2. The van der Waals surface area contributed by atoms with E-state index in [1.165, 1.54) is 0 Å². The first-order valence-corrected chi connectivity index (χ1v) is 7.13. The van der Waals surface area contributed by atoms with E-state index in [-0.39, 0.29) is 25.7 Å². The summed E-state index contributed by atoms with van der Waals surface area (Å²) in [6.45, 7) is 0. The van der Waals surface area contributed by atoms with Crippen molar-refractivity contribution < 1.29 is 18.3 Å². The molecule has 1 aromatic heterocycles. The van der Waals surface area contributed by atoms with Crippen molar-refractivity contribution in [2.24, 2.45) is 5.92 Å². The van der Waals surface area contributed by atoms with E-state index >= 15 is 0 Å². The second-order valence-electron chi connectivity index (χ2n) is 5.17. The zero-order valence-electron chi connectivity index (χ0n) is 10.0. The molecule has 1 fully saturated rings.